The molecule has 1 aliphatic carbocycles. The lowest BCUT2D eigenvalue weighted by atomic mass is 9.85. The lowest BCUT2D eigenvalue weighted by molar-refractivity contribution is -0.117. The number of Topliss-reactive ketones (excluding diaryl/α,β-unsaturated/α-hetero) is 2. The van der Waals surface area contributed by atoms with Gasteiger partial charge in [0.15, 0.2) is 31.9 Å². The van der Waals surface area contributed by atoms with Crippen molar-refractivity contribution in [2.24, 2.45) is 0 Å². The molecule has 1 aliphatic rings. The number of hydrogen-bond acceptors (Lipinski definition) is 8. The fraction of sp³-hybridized carbons (Fsp3) is 0.214. The van der Waals surface area contributed by atoms with Gasteiger partial charge < -0.3 is 28.4 Å². The minimum Gasteiger partial charge on any atom is -0.468 e. The van der Waals surface area contributed by atoms with Gasteiger partial charge in [-0.2, -0.15) is 0 Å². The maximum Gasteiger partial charge on any atom is 0.231 e. The van der Waals surface area contributed by atoms with Crippen LogP contribution in [-0.4, -0.2) is 53.3 Å². The third kappa shape index (κ3) is 5.31. The van der Waals surface area contributed by atoms with Crippen LogP contribution in [0.15, 0.2) is 65.9 Å². The summed E-state index contributed by atoms with van der Waals surface area (Å²) in [6.45, 7) is -0.0679. The first-order valence-corrected chi connectivity index (χ1v) is 11.1. The summed E-state index contributed by atoms with van der Waals surface area (Å²) in [6.07, 6.45) is 3.09. The molecule has 0 unspecified atom stereocenters. The summed E-state index contributed by atoms with van der Waals surface area (Å²) < 4.78 is 31.8. The molecular weight excluding hydrogens is 464 g/mol. The van der Waals surface area contributed by atoms with Crippen LogP contribution in [0.3, 0.4) is 0 Å². The van der Waals surface area contributed by atoms with E-state index in [2.05, 4.69) is 0 Å². The van der Waals surface area contributed by atoms with E-state index >= 15 is 0 Å². The van der Waals surface area contributed by atoms with Crippen molar-refractivity contribution in [2.45, 2.75) is 0 Å². The second-order valence-electron chi connectivity index (χ2n) is 7.83. The Kier molecular flexibility index (Phi) is 8.12. The molecule has 0 fully saturated rings. The zero-order valence-corrected chi connectivity index (χ0v) is 20.2. The fourth-order valence-corrected chi connectivity index (χ4v) is 3.89. The number of ether oxygens (including phenoxy) is 6. The first-order chi connectivity index (χ1) is 17.6. The second-order valence-corrected chi connectivity index (χ2v) is 7.83. The Morgan fingerprint density at radius 2 is 1.61 bits per heavy atom. The Labute approximate surface area is 208 Å². The molecule has 8 nitrogen and oxygen atoms in total. The minimum absolute atomic E-state index is 0.0231. The molecule has 8 heteroatoms. The molecule has 0 radical (unpaired) electrons. The van der Waals surface area contributed by atoms with E-state index in [1.807, 2.05) is 12.1 Å². The average molecular weight is 491 g/mol. The highest BCUT2D eigenvalue weighted by molar-refractivity contribution is 6.38. The number of allylic oxidation sites excluding steroid dienone is 1. The smallest absolute Gasteiger partial charge is 0.231 e. The zero-order chi connectivity index (χ0) is 25.5. The molecule has 4 rings (SSSR count). The first kappa shape index (κ1) is 25.1. The molecule has 0 spiro atoms. The number of methoxy groups -OCH3 is 3. The predicted octanol–water partition coefficient (Wildman–Crippen LogP) is 4.62. The van der Waals surface area contributed by atoms with Gasteiger partial charge in [-0.25, -0.2) is 0 Å². The molecular formula is C28H26O8. The number of ketones is 2. The Morgan fingerprint density at radius 1 is 0.861 bits per heavy atom. The summed E-state index contributed by atoms with van der Waals surface area (Å²) in [6, 6.07) is 16.1. The number of benzene rings is 3. The number of hydrogen-bond donors (Lipinski definition) is 0. The lowest BCUT2D eigenvalue weighted by Crippen LogP contribution is -2.20. The van der Waals surface area contributed by atoms with Crippen molar-refractivity contribution >= 4 is 34.5 Å². The van der Waals surface area contributed by atoms with Crippen LogP contribution in [0.4, 0.5) is 0 Å². The monoisotopic (exact) mass is 490 g/mol. The van der Waals surface area contributed by atoms with Crippen LogP contribution in [0.2, 0.25) is 0 Å². The van der Waals surface area contributed by atoms with E-state index in [-0.39, 0.29) is 31.7 Å². The van der Waals surface area contributed by atoms with Gasteiger partial charge in [-0.3, -0.25) is 9.59 Å². The van der Waals surface area contributed by atoms with Crippen molar-refractivity contribution < 1.29 is 38.0 Å². The van der Waals surface area contributed by atoms with Crippen molar-refractivity contribution in [1.29, 1.82) is 0 Å². The summed E-state index contributed by atoms with van der Waals surface area (Å²) in [5.41, 5.74) is 1.64. The molecule has 0 heterocycles. The van der Waals surface area contributed by atoms with Crippen LogP contribution in [-0.2, 0) is 23.7 Å². The average Bonchev–Trinajstić information content (AvgIpc) is 2.90. The van der Waals surface area contributed by atoms with E-state index < -0.39 is 11.6 Å². The quantitative estimate of drug-likeness (QED) is 0.157. The van der Waals surface area contributed by atoms with E-state index in [4.69, 9.17) is 28.4 Å². The van der Waals surface area contributed by atoms with Crippen molar-refractivity contribution in [3.63, 3.8) is 0 Å². The molecule has 0 aliphatic heterocycles. The highest BCUT2D eigenvalue weighted by Crippen LogP contribution is 2.38. The van der Waals surface area contributed by atoms with Gasteiger partial charge in [0.1, 0.15) is 11.5 Å². The summed E-state index contributed by atoms with van der Waals surface area (Å²) in [4.78, 5) is 27.1. The number of rotatable bonds is 12. The Bertz CT molecular complexity index is 1340. The van der Waals surface area contributed by atoms with Gasteiger partial charge in [0.25, 0.3) is 0 Å². The zero-order valence-electron chi connectivity index (χ0n) is 20.2. The van der Waals surface area contributed by atoms with Crippen molar-refractivity contribution in [3.8, 4) is 11.5 Å². The highest BCUT2D eigenvalue weighted by Gasteiger charge is 2.30. The maximum absolute atomic E-state index is 13.7. The van der Waals surface area contributed by atoms with E-state index in [1.54, 1.807) is 54.6 Å². The van der Waals surface area contributed by atoms with Crippen LogP contribution in [0, 0.1) is 0 Å². The molecule has 186 valence electrons. The van der Waals surface area contributed by atoms with Crippen molar-refractivity contribution in [1.82, 2.24) is 0 Å². The Hall–Kier alpha value is -3.98. The van der Waals surface area contributed by atoms with Crippen LogP contribution >= 0.6 is 0 Å². The molecule has 0 N–H and O–H groups in total. The van der Waals surface area contributed by atoms with Gasteiger partial charge in [0, 0.05) is 37.8 Å². The van der Waals surface area contributed by atoms with Crippen LogP contribution in [0.25, 0.3) is 22.9 Å². The molecule has 0 saturated heterocycles. The predicted molar refractivity (Wildman–Crippen MR) is 134 cm³/mol. The molecule has 0 amide bonds. The van der Waals surface area contributed by atoms with Gasteiger partial charge in [-0.05, 0) is 41.3 Å². The fourth-order valence-electron chi connectivity index (χ4n) is 3.89. The molecule has 0 saturated carbocycles. The number of carbonyl (C=O) groups excluding carboxylic acids is 2. The van der Waals surface area contributed by atoms with Gasteiger partial charge >= 0.3 is 0 Å². The summed E-state index contributed by atoms with van der Waals surface area (Å²) >= 11 is 0. The minimum atomic E-state index is -0.579. The van der Waals surface area contributed by atoms with Gasteiger partial charge in [-0.15, -0.1) is 0 Å². The molecule has 0 aromatic heterocycles. The van der Waals surface area contributed by atoms with Crippen LogP contribution in [0.1, 0.15) is 21.5 Å². The second kappa shape index (κ2) is 11.6. The van der Waals surface area contributed by atoms with Crippen molar-refractivity contribution in [2.75, 3.05) is 41.7 Å². The molecule has 0 bridgehead atoms. The number of carbonyl (C=O) groups is 2. The van der Waals surface area contributed by atoms with Crippen LogP contribution < -0.4 is 9.47 Å². The van der Waals surface area contributed by atoms with E-state index in [1.165, 1.54) is 21.3 Å². The molecule has 0 atom stereocenters. The topological polar surface area (TPSA) is 89.5 Å². The summed E-state index contributed by atoms with van der Waals surface area (Å²) in [7, 11) is 4.49. The molecule has 36 heavy (non-hydrogen) atoms. The third-order valence-corrected chi connectivity index (χ3v) is 5.46. The third-order valence-electron chi connectivity index (χ3n) is 5.46. The molecule has 3 aromatic carbocycles. The van der Waals surface area contributed by atoms with Gasteiger partial charge in [-0.1, -0.05) is 36.4 Å². The van der Waals surface area contributed by atoms with Gasteiger partial charge in [0.2, 0.25) is 5.78 Å². The maximum atomic E-state index is 13.7. The van der Waals surface area contributed by atoms with Crippen LogP contribution in [0.5, 0.6) is 11.5 Å². The SMILES string of the molecule is COCO/C(=C/c1cccc(OCOC)c1)C(=O)C1=Cc2c(OCOC)ccc3cccc(c23)C1=O. The first-order valence-electron chi connectivity index (χ1n) is 11.1. The largest absolute Gasteiger partial charge is 0.468 e. The molecule has 3 aromatic rings. The normalized spacial score (nSPS) is 12.9. The van der Waals surface area contributed by atoms with Gasteiger partial charge in [0.05, 0.1) is 5.57 Å². The van der Waals surface area contributed by atoms with E-state index in [0.717, 1.165) is 10.8 Å². The summed E-state index contributed by atoms with van der Waals surface area (Å²) in [5, 5.41) is 1.58. The van der Waals surface area contributed by atoms with Crippen molar-refractivity contribution in [3.05, 3.63) is 82.6 Å². The highest BCUT2D eigenvalue weighted by atomic mass is 16.7. The standard InChI is InChI=1S/C28H26O8/c1-31-15-34-20-8-4-6-18(12-20)13-25(36-17-33-3)28(30)23-14-22-24(35-16-32-2)11-10-19-7-5-9-21(26(19)22)27(23)29/h4-14H,15-17H2,1-3H3/b25-13+. The Morgan fingerprint density at radius 3 is 2.39 bits per heavy atom. The summed E-state index contributed by atoms with van der Waals surface area (Å²) in [5.74, 6) is 0.0281. The Balaban J connectivity index is 1.77. The lowest BCUT2D eigenvalue weighted by Gasteiger charge is -2.20. The van der Waals surface area contributed by atoms with E-state index in [9.17, 15) is 9.59 Å². The van der Waals surface area contributed by atoms with E-state index in [0.29, 0.717) is 28.2 Å².